The summed E-state index contributed by atoms with van der Waals surface area (Å²) >= 11 is 0. The van der Waals surface area contributed by atoms with Crippen LogP contribution in [-0.4, -0.2) is 23.6 Å². The Kier molecular flexibility index (Phi) is 3.05. The molecule has 0 spiro atoms. The van der Waals surface area contributed by atoms with E-state index in [9.17, 15) is 0 Å². The van der Waals surface area contributed by atoms with Gasteiger partial charge in [-0.25, -0.2) is 9.97 Å². The minimum absolute atomic E-state index is 0.383. The molecule has 1 aromatic carbocycles. The summed E-state index contributed by atoms with van der Waals surface area (Å²) in [6.07, 6.45) is 2.53. The molecule has 0 fully saturated rings. The number of hydrogen-bond acceptors (Lipinski definition) is 5. The van der Waals surface area contributed by atoms with Crippen molar-refractivity contribution in [2.24, 2.45) is 5.73 Å². The smallest absolute Gasteiger partial charge is 0.222 e. The SMILES string of the molecule is CN1CCc2cc(Oc3cc(CN)ncn3)ccc21. The number of nitrogens with zero attached hydrogens (tertiary/aromatic N) is 3. The second-order valence-electron chi connectivity index (χ2n) is 4.62. The molecule has 1 aliphatic rings. The first-order valence-electron chi connectivity index (χ1n) is 6.29. The highest BCUT2D eigenvalue weighted by atomic mass is 16.5. The van der Waals surface area contributed by atoms with Gasteiger partial charge < -0.3 is 15.4 Å². The molecule has 5 nitrogen and oxygen atoms in total. The first-order valence-corrected chi connectivity index (χ1v) is 6.29. The van der Waals surface area contributed by atoms with Crippen molar-refractivity contribution in [3.63, 3.8) is 0 Å². The topological polar surface area (TPSA) is 64.3 Å². The molecule has 0 amide bonds. The lowest BCUT2D eigenvalue weighted by atomic mass is 10.1. The standard InChI is InChI=1S/C14H16N4O/c1-18-5-4-10-6-12(2-3-13(10)18)19-14-7-11(8-15)16-9-17-14/h2-3,6-7,9H,4-5,8,15H2,1H3. The zero-order valence-corrected chi connectivity index (χ0v) is 10.8. The van der Waals surface area contributed by atoms with Gasteiger partial charge in [0.05, 0.1) is 5.69 Å². The highest BCUT2D eigenvalue weighted by molar-refractivity contribution is 5.59. The van der Waals surface area contributed by atoms with Crippen LogP contribution >= 0.6 is 0 Å². The minimum Gasteiger partial charge on any atom is -0.439 e. The molecule has 0 atom stereocenters. The summed E-state index contributed by atoms with van der Waals surface area (Å²) in [5, 5.41) is 0. The Balaban J connectivity index is 1.83. The van der Waals surface area contributed by atoms with Crippen molar-refractivity contribution in [1.82, 2.24) is 9.97 Å². The Morgan fingerprint density at radius 2 is 2.21 bits per heavy atom. The van der Waals surface area contributed by atoms with Crippen LogP contribution in [0.1, 0.15) is 11.3 Å². The fraction of sp³-hybridized carbons (Fsp3) is 0.286. The maximum atomic E-state index is 5.76. The van der Waals surface area contributed by atoms with Gasteiger partial charge in [0, 0.05) is 31.9 Å². The van der Waals surface area contributed by atoms with Gasteiger partial charge in [0.25, 0.3) is 0 Å². The van der Waals surface area contributed by atoms with Crippen molar-refractivity contribution in [2.45, 2.75) is 13.0 Å². The van der Waals surface area contributed by atoms with Gasteiger partial charge >= 0.3 is 0 Å². The van der Waals surface area contributed by atoms with Gasteiger partial charge in [0.2, 0.25) is 5.88 Å². The van der Waals surface area contributed by atoms with Crippen LogP contribution in [0.4, 0.5) is 5.69 Å². The Hall–Kier alpha value is -2.14. The fourth-order valence-electron chi connectivity index (χ4n) is 2.27. The Bertz CT molecular complexity index is 600. The molecule has 1 aliphatic heterocycles. The van der Waals surface area contributed by atoms with E-state index in [0.29, 0.717) is 12.4 Å². The predicted molar refractivity (Wildman–Crippen MR) is 73.4 cm³/mol. The molecular weight excluding hydrogens is 240 g/mol. The summed E-state index contributed by atoms with van der Waals surface area (Å²) in [4.78, 5) is 10.4. The lowest BCUT2D eigenvalue weighted by Gasteiger charge is -2.12. The summed E-state index contributed by atoms with van der Waals surface area (Å²) in [7, 11) is 2.10. The van der Waals surface area contributed by atoms with Crippen LogP contribution in [0.5, 0.6) is 11.6 Å². The third kappa shape index (κ3) is 2.37. The van der Waals surface area contributed by atoms with Gasteiger partial charge in [-0.05, 0) is 30.2 Å². The molecule has 5 heteroatoms. The van der Waals surface area contributed by atoms with E-state index < -0.39 is 0 Å². The molecule has 2 aromatic rings. The second kappa shape index (κ2) is 4.85. The maximum Gasteiger partial charge on any atom is 0.222 e. The quantitative estimate of drug-likeness (QED) is 0.905. The Morgan fingerprint density at radius 1 is 1.32 bits per heavy atom. The number of benzene rings is 1. The average Bonchev–Trinajstić information content (AvgIpc) is 2.80. The number of hydrogen-bond donors (Lipinski definition) is 1. The van der Waals surface area contributed by atoms with E-state index in [1.165, 1.54) is 17.6 Å². The van der Waals surface area contributed by atoms with Gasteiger partial charge in [-0.15, -0.1) is 0 Å². The fourth-order valence-corrected chi connectivity index (χ4v) is 2.27. The molecule has 0 bridgehead atoms. The normalized spacial score (nSPS) is 13.5. The van der Waals surface area contributed by atoms with Crippen molar-refractivity contribution >= 4 is 5.69 Å². The molecule has 0 unspecified atom stereocenters. The van der Waals surface area contributed by atoms with Gasteiger partial charge in [-0.1, -0.05) is 0 Å². The van der Waals surface area contributed by atoms with Crippen LogP contribution in [0.2, 0.25) is 0 Å². The highest BCUT2D eigenvalue weighted by Crippen LogP contribution is 2.31. The zero-order chi connectivity index (χ0) is 13.2. The van der Waals surface area contributed by atoms with Gasteiger partial charge in [-0.2, -0.15) is 0 Å². The highest BCUT2D eigenvalue weighted by Gasteiger charge is 2.16. The molecule has 3 rings (SSSR count). The monoisotopic (exact) mass is 256 g/mol. The molecule has 98 valence electrons. The first kappa shape index (κ1) is 11.9. The number of aromatic nitrogens is 2. The zero-order valence-electron chi connectivity index (χ0n) is 10.8. The lowest BCUT2D eigenvalue weighted by molar-refractivity contribution is 0.460. The van der Waals surface area contributed by atoms with Crippen molar-refractivity contribution in [2.75, 3.05) is 18.5 Å². The van der Waals surface area contributed by atoms with Gasteiger partial charge in [0.15, 0.2) is 0 Å². The van der Waals surface area contributed by atoms with E-state index in [1.807, 2.05) is 6.07 Å². The molecule has 0 saturated heterocycles. The molecule has 0 aliphatic carbocycles. The number of fused-ring (bicyclic) bond motifs is 1. The molecular formula is C14H16N4O. The van der Waals surface area contributed by atoms with Gasteiger partial charge in [-0.3, -0.25) is 0 Å². The largest absolute Gasteiger partial charge is 0.439 e. The van der Waals surface area contributed by atoms with E-state index in [1.54, 1.807) is 6.07 Å². The summed E-state index contributed by atoms with van der Waals surface area (Å²) < 4.78 is 5.76. The number of anilines is 1. The number of nitrogens with two attached hydrogens (primary N) is 1. The van der Waals surface area contributed by atoms with E-state index >= 15 is 0 Å². The van der Waals surface area contributed by atoms with Crippen molar-refractivity contribution < 1.29 is 4.74 Å². The van der Waals surface area contributed by atoms with Crippen molar-refractivity contribution in [1.29, 1.82) is 0 Å². The van der Waals surface area contributed by atoms with Crippen LogP contribution < -0.4 is 15.4 Å². The number of ether oxygens (including phenoxy) is 1. The first-order chi connectivity index (χ1) is 9.26. The third-order valence-corrected chi connectivity index (χ3v) is 3.31. The summed E-state index contributed by atoms with van der Waals surface area (Å²) in [5.74, 6) is 1.33. The summed E-state index contributed by atoms with van der Waals surface area (Å²) in [6, 6.07) is 7.88. The molecule has 0 radical (unpaired) electrons. The molecule has 2 heterocycles. The van der Waals surface area contributed by atoms with E-state index in [0.717, 1.165) is 24.4 Å². The predicted octanol–water partition coefficient (Wildman–Crippen LogP) is 1.72. The minimum atomic E-state index is 0.383. The second-order valence-corrected chi connectivity index (χ2v) is 4.62. The Labute approximate surface area is 112 Å². The molecule has 19 heavy (non-hydrogen) atoms. The Morgan fingerprint density at radius 3 is 3.05 bits per heavy atom. The van der Waals surface area contributed by atoms with E-state index in [-0.39, 0.29) is 0 Å². The van der Waals surface area contributed by atoms with Crippen molar-refractivity contribution in [3.8, 4) is 11.6 Å². The van der Waals surface area contributed by atoms with E-state index in [2.05, 4.69) is 34.0 Å². The van der Waals surface area contributed by atoms with Crippen LogP contribution in [-0.2, 0) is 13.0 Å². The van der Waals surface area contributed by atoms with Crippen LogP contribution in [0.15, 0.2) is 30.6 Å². The lowest BCUT2D eigenvalue weighted by Crippen LogP contribution is -2.12. The number of rotatable bonds is 3. The molecule has 0 saturated carbocycles. The van der Waals surface area contributed by atoms with Gasteiger partial charge in [0.1, 0.15) is 12.1 Å². The van der Waals surface area contributed by atoms with Crippen molar-refractivity contribution in [3.05, 3.63) is 41.9 Å². The van der Waals surface area contributed by atoms with E-state index in [4.69, 9.17) is 10.5 Å². The molecule has 1 aromatic heterocycles. The maximum absolute atomic E-state index is 5.76. The average molecular weight is 256 g/mol. The van der Waals surface area contributed by atoms with Crippen LogP contribution in [0, 0.1) is 0 Å². The summed E-state index contributed by atoms with van der Waals surface area (Å²) in [6.45, 7) is 1.44. The molecule has 2 N–H and O–H groups in total. The van der Waals surface area contributed by atoms with Crippen LogP contribution in [0.3, 0.4) is 0 Å². The summed E-state index contributed by atoms with van der Waals surface area (Å²) in [5.41, 5.74) is 8.91. The third-order valence-electron chi connectivity index (χ3n) is 3.31. The number of likely N-dealkylation sites (N-methyl/N-ethyl adjacent to an activating group) is 1. The van der Waals surface area contributed by atoms with Crippen LogP contribution in [0.25, 0.3) is 0 Å².